The van der Waals surface area contributed by atoms with E-state index in [4.69, 9.17) is 0 Å². The molecule has 0 saturated carbocycles. The lowest BCUT2D eigenvalue weighted by atomic mass is 10.3. The number of aromatic nitrogens is 3. The van der Waals surface area contributed by atoms with E-state index in [1.165, 1.54) is 16.5 Å². The quantitative estimate of drug-likeness (QED) is 0.717. The van der Waals surface area contributed by atoms with Crippen LogP contribution in [0, 0.1) is 0 Å². The first kappa shape index (κ1) is 17.5. The van der Waals surface area contributed by atoms with Crippen LogP contribution in [-0.4, -0.2) is 33.7 Å². The van der Waals surface area contributed by atoms with Gasteiger partial charge in [-0.25, -0.2) is 9.78 Å². The molecule has 0 spiro atoms. The molecule has 12 heteroatoms. The molecule has 0 bridgehead atoms. The second kappa shape index (κ2) is 6.20. The Kier molecular flexibility index (Phi) is 4.18. The molecule has 1 aliphatic heterocycles. The molecule has 2 aromatic heterocycles. The minimum absolute atomic E-state index is 0.0877. The van der Waals surface area contributed by atoms with Gasteiger partial charge in [0.15, 0.2) is 0 Å². The van der Waals surface area contributed by atoms with Crippen molar-refractivity contribution >= 4 is 23.1 Å². The number of halogens is 3. The molecule has 3 heterocycles. The number of hydrogen-bond donors (Lipinski definition) is 3. The van der Waals surface area contributed by atoms with Gasteiger partial charge >= 0.3 is 11.9 Å². The molecule has 26 heavy (non-hydrogen) atoms. The van der Waals surface area contributed by atoms with Crippen LogP contribution in [0.4, 0.5) is 30.4 Å². The molecule has 0 atom stereocenters. The van der Waals surface area contributed by atoms with Crippen LogP contribution in [0.1, 0.15) is 5.69 Å². The molecule has 0 fully saturated rings. The largest absolute Gasteiger partial charge is 0.433 e. The Morgan fingerprint density at radius 2 is 2.08 bits per heavy atom. The van der Waals surface area contributed by atoms with Gasteiger partial charge in [-0.15, -0.1) is 0 Å². The number of nitrogens with one attached hydrogen (secondary N) is 3. The Morgan fingerprint density at radius 1 is 1.35 bits per heavy atom. The maximum absolute atomic E-state index is 12.5. The number of aromatic amines is 1. The van der Waals surface area contributed by atoms with Crippen LogP contribution in [-0.2, 0) is 18.0 Å². The van der Waals surface area contributed by atoms with E-state index in [2.05, 4.69) is 20.6 Å². The number of nitrogens with zero attached hydrogens (tertiary/aromatic N) is 3. The normalized spacial score (nSPS) is 13.3. The van der Waals surface area contributed by atoms with Crippen molar-refractivity contribution < 1.29 is 18.0 Å². The summed E-state index contributed by atoms with van der Waals surface area (Å²) in [4.78, 5) is 42.4. The summed E-state index contributed by atoms with van der Waals surface area (Å²) >= 11 is 0. The third-order valence-electron chi connectivity index (χ3n) is 3.73. The van der Waals surface area contributed by atoms with Crippen LogP contribution < -0.4 is 26.8 Å². The fourth-order valence-electron chi connectivity index (χ4n) is 2.50. The third-order valence-corrected chi connectivity index (χ3v) is 3.73. The summed E-state index contributed by atoms with van der Waals surface area (Å²) in [7, 11) is 1.46. The van der Waals surface area contributed by atoms with Crippen molar-refractivity contribution in [3.05, 3.63) is 44.9 Å². The first-order chi connectivity index (χ1) is 12.2. The number of carbonyl (C=O) groups excluding carboxylic acids is 1. The van der Waals surface area contributed by atoms with Crippen LogP contribution in [0.2, 0.25) is 0 Å². The van der Waals surface area contributed by atoms with Gasteiger partial charge in [0.2, 0.25) is 5.91 Å². The van der Waals surface area contributed by atoms with Crippen molar-refractivity contribution in [1.29, 1.82) is 0 Å². The number of rotatable bonds is 3. The topological polar surface area (TPSA) is 112 Å². The van der Waals surface area contributed by atoms with Crippen LogP contribution >= 0.6 is 0 Å². The number of hydrogen-bond acceptors (Lipinski definition) is 6. The summed E-state index contributed by atoms with van der Waals surface area (Å²) in [5.41, 5.74) is -2.08. The Hall–Kier alpha value is -3.31. The van der Waals surface area contributed by atoms with Crippen molar-refractivity contribution in [3.8, 4) is 0 Å². The number of carbonyl (C=O) groups is 1. The second-order valence-corrected chi connectivity index (χ2v) is 5.53. The van der Waals surface area contributed by atoms with Crippen molar-refractivity contribution in [3.63, 3.8) is 0 Å². The predicted octanol–water partition coefficient (Wildman–Crippen LogP) is 0.316. The monoisotopic (exact) mass is 370 g/mol. The zero-order valence-electron chi connectivity index (χ0n) is 13.3. The molecule has 0 saturated heterocycles. The molecule has 0 radical (unpaired) electrons. The molecular weight excluding hydrogens is 357 g/mol. The van der Waals surface area contributed by atoms with Gasteiger partial charge in [0.1, 0.15) is 17.2 Å². The fraction of sp³-hybridized carbons (Fsp3) is 0.286. The van der Waals surface area contributed by atoms with E-state index >= 15 is 0 Å². The summed E-state index contributed by atoms with van der Waals surface area (Å²) in [6.45, 7) is -0.128. The fourth-order valence-corrected chi connectivity index (χ4v) is 2.50. The molecular formula is C14H13F3N6O3. The Bertz CT molecular complexity index is 964. The first-order valence-corrected chi connectivity index (χ1v) is 7.32. The third kappa shape index (κ3) is 3.25. The van der Waals surface area contributed by atoms with Crippen LogP contribution in [0.3, 0.4) is 0 Å². The van der Waals surface area contributed by atoms with E-state index in [0.717, 1.165) is 18.3 Å². The summed E-state index contributed by atoms with van der Waals surface area (Å²) < 4.78 is 38.6. The lowest BCUT2D eigenvalue weighted by Gasteiger charge is -2.16. The maximum atomic E-state index is 12.5. The van der Waals surface area contributed by atoms with E-state index in [-0.39, 0.29) is 30.4 Å². The van der Waals surface area contributed by atoms with Crippen LogP contribution in [0.15, 0.2) is 27.9 Å². The highest BCUT2D eigenvalue weighted by Crippen LogP contribution is 2.28. The standard InChI is InChI=1S/C14H13F3N6O3/c1-22-11-10(12(25)21-13(22)26)23(6-19-11)5-9(24)20-7-2-3-8(18-4-7)14(15,16)17/h2-4,19H,5-6H2,1H3,(H,20,24)(H,21,25,26). The molecule has 3 rings (SSSR count). The molecule has 3 N–H and O–H groups in total. The van der Waals surface area contributed by atoms with E-state index in [1.807, 2.05) is 0 Å². The second-order valence-electron chi connectivity index (χ2n) is 5.53. The summed E-state index contributed by atoms with van der Waals surface area (Å²) in [6, 6.07) is 1.84. The summed E-state index contributed by atoms with van der Waals surface area (Å²) in [5, 5.41) is 5.25. The van der Waals surface area contributed by atoms with E-state index in [1.54, 1.807) is 0 Å². The summed E-state index contributed by atoms with van der Waals surface area (Å²) in [5.74, 6) is -0.280. The highest BCUT2D eigenvalue weighted by molar-refractivity contribution is 5.94. The molecule has 1 aliphatic rings. The van der Waals surface area contributed by atoms with E-state index in [9.17, 15) is 27.6 Å². The number of alkyl halides is 3. The number of anilines is 3. The van der Waals surface area contributed by atoms with Gasteiger partial charge < -0.3 is 15.5 Å². The zero-order chi connectivity index (χ0) is 19.1. The molecule has 0 aliphatic carbocycles. The Morgan fingerprint density at radius 3 is 2.69 bits per heavy atom. The lowest BCUT2D eigenvalue weighted by molar-refractivity contribution is -0.141. The van der Waals surface area contributed by atoms with Crippen molar-refractivity contribution in [1.82, 2.24) is 14.5 Å². The molecule has 0 unspecified atom stereocenters. The summed E-state index contributed by atoms with van der Waals surface area (Å²) in [6.07, 6.45) is -3.67. The molecule has 138 valence electrons. The molecule has 1 amide bonds. The molecule has 9 nitrogen and oxygen atoms in total. The van der Waals surface area contributed by atoms with E-state index in [0.29, 0.717) is 0 Å². The van der Waals surface area contributed by atoms with Crippen LogP contribution in [0.5, 0.6) is 0 Å². The number of H-pyrrole nitrogens is 1. The zero-order valence-corrected chi connectivity index (χ0v) is 13.3. The molecule has 0 aromatic carbocycles. The average molecular weight is 370 g/mol. The number of amides is 1. The predicted molar refractivity (Wildman–Crippen MR) is 86.0 cm³/mol. The minimum Gasteiger partial charge on any atom is -0.352 e. The van der Waals surface area contributed by atoms with Crippen LogP contribution in [0.25, 0.3) is 0 Å². The smallest absolute Gasteiger partial charge is 0.352 e. The average Bonchev–Trinajstić information content (AvgIpc) is 2.96. The maximum Gasteiger partial charge on any atom is 0.433 e. The highest BCUT2D eigenvalue weighted by Gasteiger charge is 2.32. The van der Waals surface area contributed by atoms with E-state index < -0.39 is 29.0 Å². The number of fused-ring (bicyclic) bond motifs is 1. The Labute approximate surface area is 143 Å². The van der Waals surface area contributed by atoms with Crippen molar-refractivity contribution in [2.45, 2.75) is 6.18 Å². The highest BCUT2D eigenvalue weighted by atomic mass is 19.4. The molecule has 2 aromatic rings. The van der Waals surface area contributed by atoms with Gasteiger partial charge in [-0.2, -0.15) is 13.2 Å². The van der Waals surface area contributed by atoms with Gasteiger partial charge in [-0.1, -0.05) is 0 Å². The minimum atomic E-state index is -4.57. The van der Waals surface area contributed by atoms with Crippen molar-refractivity contribution in [2.75, 3.05) is 28.7 Å². The van der Waals surface area contributed by atoms with Gasteiger partial charge in [0.25, 0.3) is 5.56 Å². The van der Waals surface area contributed by atoms with Gasteiger partial charge in [0.05, 0.1) is 25.1 Å². The van der Waals surface area contributed by atoms with Crippen molar-refractivity contribution in [2.24, 2.45) is 7.05 Å². The van der Waals surface area contributed by atoms with Gasteiger partial charge in [-0.3, -0.25) is 19.1 Å². The number of pyridine rings is 1. The lowest BCUT2D eigenvalue weighted by Crippen LogP contribution is -2.36. The first-order valence-electron chi connectivity index (χ1n) is 7.32. The van der Waals surface area contributed by atoms with Gasteiger partial charge in [-0.05, 0) is 12.1 Å². The SMILES string of the molecule is Cn1c2c(c(=O)[nH]c1=O)N(CC(=O)Nc1ccc(C(F)(F)F)nc1)CN2. The van der Waals surface area contributed by atoms with Gasteiger partial charge in [0, 0.05) is 7.05 Å². The Balaban J connectivity index is 1.72.